The lowest BCUT2D eigenvalue weighted by Crippen LogP contribution is -1.96. The topological polar surface area (TPSA) is 79.1 Å². The molecular formula is C14H12N2O2S. The van der Waals surface area contributed by atoms with E-state index in [1.165, 1.54) is 11.3 Å². The second-order valence-corrected chi connectivity index (χ2v) is 5.42. The van der Waals surface area contributed by atoms with E-state index in [0.717, 1.165) is 27.0 Å². The molecule has 0 saturated carbocycles. The third-order valence-electron chi connectivity index (χ3n) is 3.10. The fourth-order valence-corrected chi connectivity index (χ4v) is 3.32. The third-order valence-corrected chi connectivity index (χ3v) is 4.25. The first-order valence-electron chi connectivity index (χ1n) is 5.78. The minimum Gasteiger partial charge on any atom is -0.477 e. The highest BCUT2D eigenvalue weighted by atomic mass is 32.1. The summed E-state index contributed by atoms with van der Waals surface area (Å²) in [6.45, 7) is 1.98. The van der Waals surface area contributed by atoms with Crippen molar-refractivity contribution in [3.05, 3.63) is 40.9 Å². The number of anilines is 1. The number of fused-ring (bicyclic) bond motifs is 1. The van der Waals surface area contributed by atoms with Crippen LogP contribution in [0.15, 0.2) is 30.3 Å². The third kappa shape index (κ3) is 1.79. The smallest absolute Gasteiger partial charge is 0.348 e. The van der Waals surface area contributed by atoms with E-state index in [-0.39, 0.29) is 4.88 Å². The summed E-state index contributed by atoms with van der Waals surface area (Å²) < 4.78 is 0. The summed E-state index contributed by atoms with van der Waals surface area (Å²) in [5, 5.41) is 10.2. The Morgan fingerprint density at radius 1 is 1.37 bits per heavy atom. The van der Waals surface area contributed by atoms with Crippen molar-refractivity contribution < 1.29 is 9.90 Å². The minimum absolute atomic E-state index is 0.194. The van der Waals surface area contributed by atoms with Crippen LogP contribution in [0, 0.1) is 6.92 Å². The summed E-state index contributed by atoms with van der Waals surface area (Å²) >= 11 is 1.21. The SMILES string of the molecule is Cc1[nH]c2ccccc2c1-c1cc(N)c(C(=O)O)s1. The van der Waals surface area contributed by atoms with E-state index in [2.05, 4.69) is 4.98 Å². The van der Waals surface area contributed by atoms with Crippen molar-refractivity contribution in [2.24, 2.45) is 0 Å². The van der Waals surface area contributed by atoms with Gasteiger partial charge in [-0.05, 0) is 19.1 Å². The van der Waals surface area contributed by atoms with Crippen molar-refractivity contribution in [3.63, 3.8) is 0 Å². The van der Waals surface area contributed by atoms with Gasteiger partial charge in [0.15, 0.2) is 0 Å². The second-order valence-electron chi connectivity index (χ2n) is 4.37. The number of aryl methyl sites for hydroxylation is 1. The molecule has 2 heterocycles. The van der Waals surface area contributed by atoms with Gasteiger partial charge >= 0.3 is 5.97 Å². The van der Waals surface area contributed by atoms with Crippen molar-refractivity contribution in [1.82, 2.24) is 4.98 Å². The number of nitrogens with one attached hydrogen (secondary N) is 1. The van der Waals surface area contributed by atoms with Crippen molar-refractivity contribution in [2.45, 2.75) is 6.92 Å². The number of hydrogen-bond acceptors (Lipinski definition) is 3. The Bertz CT molecular complexity index is 786. The zero-order chi connectivity index (χ0) is 13.6. The number of aromatic amines is 1. The molecule has 0 radical (unpaired) electrons. The molecule has 96 valence electrons. The summed E-state index contributed by atoms with van der Waals surface area (Å²) in [5.41, 5.74) is 9.16. The predicted molar refractivity (Wildman–Crippen MR) is 77.7 cm³/mol. The number of hydrogen-bond donors (Lipinski definition) is 3. The molecule has 3 rings (SSSR count). The molecule has 0 atom stereocenters. The lowest BCUT2D eigenvalue weighted by molar-refractivity contribution is 0.0703. The number of carboxylic acids is 1. The summed E-state index contributed by atoms with van der Waals surface area (Å²) in [6, 6.07) is 9.68. The van der Waals surface area contributed by atoms with Gasteiger partial charge in [0.1, 0.15) is 4.88 Å². The van der Waals surface area contributed by atoms with Gasteiger partial charge in [-0.2, -0.15) is 0 Å². The van der Waals surface area contributed by atoms with Crippen LogP contribution in [0.5, 0.6) is 0 Å². The van der Waals surface area contributed by atoms with Gasteiger partial charge in [0.05, 0.1) is 5.69 Å². The average Bonchev–Trinajstić information content (AvgIpc) is 2.88. The Morgan fingerprint density at radius 3 is 2.79 bits per heavy atom. The molecule has 0 fully saturated rings. The van der Waals surface area contributed by atoms with Gasteiger partial charge in [0, 0.05) is 27.0 Å². The molecule has 5 heteroatoms. The zero-order valence-corrected chi connectivity index (χ0v) is 11.0. The minimum atomic E-state index is -0.980. The van der Waals surface area contributed by atoms with Crippen LogP contribution in [0.25, 0.3) is 21.3 Å². The number of H-pyrrole nitrogens is 1. The molecule has 3 aromatic rings. The molecule has 19 heavy (non-hydrogen) atoms. The average molecular weight is 272 g/mol. The van der Waals surface area contributed by atoms with Gasteiger partial charge in [-0.25, -0.2) is 4.79 Å². The molecule has 0 aliphatic rings. The molecule has 4 N–H and O–H groups in total. The van der Waals surface area contributed by atoms with Gasteiger partial charge in [0.2, 0.25) is 0 Å². The van der Waals surface area contributed by atoms with Crippen LogP contribution in [0.2, 0.25) is 0 Å². The number of carboxylic acid groups (broad SMARTS) is 1. The Balaban J connectivity index is 2.27. The Hall–Kier alpha value is -2.27. The number of nitrogen functional groups attached to an aromatic ring is 1. The van der Waals surface area contributed by atoms with Crippen molar-refractivity contribution in [2.75, 3.05) is 5.73 Å². The largest absolute Gasteiger partial charge is 0.477 e. The highest BCUT2D eigenvalue weighted by molar-refractivity contribution is 7.18. The lowest BCUT2D eigenvalue weighted by atomic mass is 10.1. The number of carbonyl (C=O) groups is 1. The first-order chi connectivity index (χ1) is 9.08. The Kier molecular flexibility index (Phi) is 2.57. The molecule has 0 amide bonds. The Morgan fingerprint density at radius 2 is 2.11 bits per heavy atom. The van der Waals surface area contributed by atoms with Gasteiger partial charge in [-0.15, -0.1) is 11.3 Å². The highest BCUT2D eigenvalue weighted by Crippen LogP contribution is 2.39. The van der Waals surface area contributed by atoms with Crippen LogP contribution in [0.3, 0.4) is 0 Å². The molecule has 4 nitrogen and oxygen atoms in total. The Labute approximate surface area is 113 Å². The predicted octanol–water partition coefficient (Wildman–Crippen LogP) is 3.49. The van der Waals surface area contributed by atoms with Crippen molar-refractivity contribution in [1.29, 1.82) is 0 Å². The fourth-order valence-electron chi connectivity index (χ4n) is 2.29. The van der Waals surface area contributed by atoms with Crippen LogP contribution >= 0.6 is 11.3 Å². The first kappa shape index (κ1) is 11.8. The normalized spacial score (nSPS) is 11.0. The molecule has 2 aromatic heterocycles. The van der Waals surface area contributed by atoms with Gasteiger partial charge in [0.25, 0.3) is 0 Å². The van der Waals surface area contributed by atoms with Gasteiger partial charge in [-0.3, -0.25) is 0 Å². The number of thiophene rings is 1. The molecule has 0 unspecified atom stereocenters. The number of para-hydroxylation sites is 1. The molecule has 0 spiro atoms. The van der Waals surface area contributed by atoms with Crippen LogP contribution in [-0.2, 0) is 0 Å². The highest BCUT2D eigenvalue weighted by Gasteiger charge is 2.17. The van der Waals surface area contributed by atoms with Crippen molar-refractivity contribution >= 4 is 33.9 Å². The van der Waals surface area contributed by atoms with Crippen molar-refractivity contribution in [3.8, 4) is 10.4 Å². The standard InChI is InChI=1S/C14H12N2O2S/c1-7-12(8-4-2-3-5-10(8)16-7)11-6-9(15)13(19-11)14(17)18/h2-6,16H,15H2,1H3,(H,17,18). The molecule has 0 saturated heterocycles. The summed E-state index contributed by atoms with van der Waals surface area (Å²) in [7, 11) is 0. The van der Waals surface area contributed by atoms with Gasteiger partial charge < -0.3 is 15.8 Å². The number of aromatic nitrogens is 1. The zero-order valence-electron chi connectivity index (χ0n) is 10.2. The molecule has 1 aromatic carbocycles. The van der Waals surface area contributed by atoms with E-state index >= 15 is 0 Å². The summed E-state index contributed by atoms with van der Waals surface area (Å²) in [5.74, 6) is -0.980. The maximum absolute atomic E-state index is 11.1. The number of benzene rings is 1. The maximum Gasteiger partial charge on any atom is 0.348 e. The number of aromatic carboxylic acids is 1. The maximum atomic E-state index is 11.1. The quantitative estimate of drug-likeness (QED) is 0.668. The lowest BCUT2D eigenvalue weighted by Gasteiger charge is -1.96. The van der Waals surface area contributed by atoms with E-state index in [1.807, 2.05) is 31.2 Å². The van der Waals surface area contributed by atoms with E-state index < -0.39 is 5.97 Å². The van der Waals surface area contributed by atoms with E-state index in [4.69, 9.17) is 10.8 Å². The van der Waals surface area contributed by atoms with Crippen LogP contribution in [0.4, 0.5) is 5.69 Å². The molecule has 0 aliphatic carbocycles. The van der Waals surface area contributed by atoms with E-state index in [0.29, 0.717) is 5.69 Å². The monoisotopic (exact) mass is 272 g/mol. The summed E-state index contributed by atoms with van der Waals surface area (Å²) in [4.78, 5) is 15.5. The molecule has 0 bridgehead atoms. The fraction of sp³-hybridized carbons (Fsp3) is 0.0714. The van der Waals surface area contributed by atoms with E-state index in [1.54, 1.807) is 6.07 Å². The van der Waals surface area contributed by atoms with Crippen LogP contribution in [-0.4, -0.2) is 16.1 Å². The summed E-state index contributed by atoms with van der Waals surface area (Å²) in [6.07, 6.45) is 0. The van der Waals surface area contributed by atoms with Gasteiger partial charge in [-0.1, -0.05) is 18.2 Å². The molecule has 0 aliphatic heterocycles. The second kappa shape index (κ2) is 4.13. The first-order valence-corrected chi connectivity index (χ1v) is 6.60. The van der Waals surface area contributed by atoms with Crippen LogP contribution in [0.1, 0.15) is 15.4 Å². The van der Waals surface area contributed by atoms with E-state index in [9.17, 15) is 4.79 Å². The number of rotatable bonds is 2. The molecular weight excluding hydrogens is 260 g/mol. The number of nitrogens with two attached hydrogens (primary N) is 1. The van der Waals surface area contributed by atoms with Crippen LogP contribution < -0.4 is 5.73 Å².